The van der Waals surface area contributed by atoms with E-state index in [1.54, 1.807) is 40.7 Å². The molecule has 0 saturated heterocycles. The molecule has 0 fully saturated rings. The number of aromatic nitrogens is 3. The van der Waals surface area contributed by atoms with Gasteiger partial charge in [-0.2, -0.15) is 13.2 Å². The molecule has 0 spiro atoms. The van der Waals surface area contributed by atoms with Gasteiger partial charge in [0.05, 0.1) is 42.8 Å². The van der Waals surface area contributed by atoms with Crippen molar-refractivity contribution in [2.45, 2.75) is 64.7 Å². The fourth-order valence-electron chi connectivity index (χ4n) is 4.34. The molecule has 0 saturated carbocycles. The Labute approximate surface area is 203 Å². The van der Waals surface area contributed by atoms with Crippen LogP contribution in [0.3, 0.4) is 0 Å². The number of aliphatic hydroxyl groups is 1. The van der Waals surface area contributed by atoms with Crippen molar-refractivity contribution < 1.29 is 27.8 Å². The van der Waals surface area contributed by atoms with Crippen molar-refractivity contribution in [1.29, 1.82) is 0 Å². The van der Waals surface area contributed by atoms with E-state index in [-0.39, 0.29) is 49.3 Å². The third-order valence-corrected chi connectivity index (χ3v) is 6.39. The number of amides is 1. The second-order valence-electron chi connectivity index (χ2n) is 9.31. The van der Waals surface area contributed by atoms with Crippen LogP contribution in [0.25, 0.3) is 0 Å². The van der Waals surface area contributed by atoms with Crippen LogP contribution in [0.1, 0.15) is 43.5 Å². The van der Waals surface area contributed by atoms with Gasteiger partial charge in [0.25, 0.3) is 0 Å². The monoisotopic (exact) mass is 497 g/mol. The lowest BCUT2D eigenvalue weighted by molar-refractivity contribution is -0.138. The SMILES string of the molecule is C[C@H](CO)N1C[C@H](C)[C@H](CN(C)Cc2ccccc2C(F)(F)F)OCc2cnnn2CCCC1=O. The number of rotatable bonds is 6. The number of ether oxygens (including phenoxy) is 1. The number of aryl methyl sites for hydroxylation is 1. The van der Waals surface area contributed by atoms with Crippen molar-refractivity contribution in [1.82, 2.24) is 24.8 Å². The lowest BCUT2D eigenvalue weighted by Crippen LogP contribution is -2.47. The highest BCUT2D eigenvalue weighted by atomic mass is 19.4. The number of fused-ring (bicyclic) bond motifs is 1. The number of benzene rings is 1. The summed E-state index contributed by atoms with van der Waals surface area (Å²) in [5.41, 5.74) is 0.320. The summed E-state index contributed by atoms with van der Waals surface area (Å²) in [6.45, 7) is 5.16. The van der Waals surface area contributed by atoms with E-state index in [4.69, 9.17) is 4.74 Å². The molecule has 1 aliphatic heterocycles. The predicted molar refractivity (Wildman–Crippen MR) is 123 cm³/mol. The van der Waals surface area contributed by atoms with E-state index >= 15 is 0 Å². The summed E-state index contributed by atoms with van der Waals surface area (Å²) in [5.74, 6) is -0.205. The molecule has 0 unspecified atom stereocenters. The molecule has 0 radical (unpaired) electrons. The second kappa shape index (κ2) is 12.0. The van der Waals surface area contributed by atoms with Crippen LogP contribution in [-0.2, 0) is 35.4 Å². The summed E-state index contributed by atoms with van der Waals surface area (Å²) in [7, 11) is 1.75. The van der Waals surface area contributed by atoms with Crippen LogP contribution in [0.4, 0.5) is 13.2 Å². The zero-order valence-electron chi connectivity index (χ0n) is 20.4. The number of hydrogen-bond acceptors (Lipinski definition) is 6. The van der Waals surface area contributed by atoms with E-state index < -0.39 is 11.7 Å². The molecule has 0 bridgehead atoms. The summed E-state index contributed by atoms with van der Waals surface area (Å²) < 4.78 is 48.3. The van der Waals surface area contributed by atoms with Gasteiger partial charge in [-0.25, -0.2) is 4.68 Å². The second-order valence-corrected chi connectivity index (χ2v) is 9.31. The van der Waals surface area contributed by atoms with Crippen LogP contribution in [0.5, 0.6) is 0 Å². The Bertz CT molecular complexity index is 968. The minimum Gasteiger partial charge on any atom is -0.394 e. The van der Waals surface area contributed by atoms with E-state index in [9.17, 15) is 23.1 Å². The van der Waals surface area contributed by atoms with Gasteiger partial charge in [0.2, 0.25) is 5.91 Å². The quantitative estimate of drug-likeness (QED) is 0.661. The number of alkyl halides is 3. The van der Waals surface area contributed by atoms with Crippen LogP contribution in [0.15, 0.2) is 30.5 Å². The number of nitrogens with zero attached hydrogens (tertiary/aromatic N) is 5. The predicted octanol–water partition coefficient (Wildman–Crippen LogP) is 2.95. The Morgan fingerprint density at radius 1 is 1.31 bits per heavy atom. The van der Waals surface area contributed by atoms with Crippen LogP contribution in [0.2, 0.25) is 0 Å². The summed E-state index contributed by atoms with van der Waals surface area (Å²) in [4.78, 5) is 16.4. The van der Waals surface area contributed by atoms with E-state index in [1.165, 1.54) is 12.1 Å². The van der Waals surface area contributed by atoms with Gasteiger partial charge < -0.3 is 14.7 Å². The van der Waals surface area contributed by atoms with Gasteiger partial charge in [0.1, 0.15) is 0 Å². The third-order valence-electron chi connectivity index (χ3n) is 6.39. The molecular weight excluding hydrogens is 463 g/mol. The first-order valence-electron chi connectivity index (χ1n) is 11.8. The number of aliphatic hydroxyl groups excluding tert-OH is 1. The van der Waals surface area contributed by atoms with Crippen molar-refractivity contribution >= 4 is 5.91 Å². The zero-order valence-corrected chi connectivity index (χ0v) is 20.4. The third kappa shape index (κ3) is 7.25. The van der Waals surface area contributed by atoms with Crippen LogP contribution in [0, 0.1) is 5.92 Å². The summed E-state index contributed by atoms with van der Waals surface area (Å²) in [6, 6.07) is 5.20. The molecule has 1 aromatic heterocycles. The summed E-state index contributed by atoms with van der Waals surface area (Å²) in [6.07, 6.45) is -2.29. The molecule has 1 N–H and O–H groups in total. The average Bonchev–Trinajstić information content (AvgIpc) is 3.25. The largest absolute Gasteiger partial charge is 0.416 e. The van der Waals surface area contributed by atoms with Crippen molar-refractivity contribution in [3.05, 3.63) is 47.3 Å². The number of halogens is 3. The fraction of sp³-hybridized carbons (Fsp3) is 0.625. The Hall–Kier alpha value is -2.50. The summed E-state index contributed by atoms with van der Waals surface area (Å²) in [5, 5.41) is 17.7. The molecule has 1 aromatic carbocycles. The first-order valence-corrected chi connectivity index (χ1v) is 11.8. The van der Waals surface area contributed by atoms with Crippen molar-refractivity contribution in [2.24, 2.45) is 5.92 Å². The van der Waals surface area contributed by atoms with Crippen LogP contribution >= 0.6 is 0 Å². The first-order chi connectivity index (χ1) is 16.6. The Morgan fingerprint density at radius 3 is 2.77 bits per heavy atom. The maximum Gasteiger partial charge on any atom is 0.416 e. The van der Waals surface area contributed by atoms with Gasteiger partial charge in [0.15, 0.2) is 0 Å². The maximum atomic E-state index is 13.5. The molecule has 1 aliphatic rings. The van der Waals surface area contributed by atoms with Gasteiger partial charge in [0, 0.05) is 38.5 Å². The zero-order chi connectivity index (χ0) is 25.6. The minimum absolute atomic E-state index is 0.0631. The molecule has 3 atom stereocenters. The van der Waals surface area contributed by atoms with Gasteiger partial charge in [-0.15, -0.1) is 5.10 Å². The van der Waals surface area contributed by atoms with Gasteiger partial charge >= 0.3 is 6.18 Å². The standard InChI is InChI=1S/C24H34F3N5O3/c1-17-12-31(18(2)15-33)23(34)9-6-10-32-20(11-28-29-32)16-35-22(17)14-30(3)13-19-7-4-5-8-21(19)24(25,26)27/h4-5,7-8,11,17-18,22,33H,6,9-10,12-16H2,1-3H3/t17-,18+,22-/m0/s1. The fourth-order valence-corrected chi connectivity index (χ4v) is 4.34. The Morgan fingerprint density at radius 2 is 2.06 bits per heavy atom. The number of carbonyl (C=O) groups excluding carboxylic acids is 1. The Balaban J connectivity index is 1.81. The molecule has 8 nitrogen and oxygen atoms in total. The molecule has 11 heteroatoms. The highest BCUT2D eigenvalue weighted by Gasteiger charge is 2.33. The van der Waals surface area contributed by atoms with Crippen LogP contribution in [-0.4, -0.2) is 74.7 Å². The van der Waals surface area contributed by atoms with Gasteiger partial charge in [-0.05, 0) is 32.0 Å². The molecule has 0 aliphatic carbocycles. The minimum atomic E-state index is -4.43. The molecule has 2 heterocycles. The topological polar surface area (TPSA) is 83.7 Å². The van der Waals surface area contributed by atoms with Crippen molar-refractivity contribution in [2.75, 3.05) is 26.7 Å². The van der Waals surface area contributed by atoms with E-state index in [1.807, 2.05) is 6.92 Å². The van der Waals surface area contributed by atoms with Crippen molar-refractivity contribution in [3.63, 3.8) is 0 Å². The molecule has 2 aromatic rings. The lowest BCUT2D eigenvalue weighted by atomic mass is 10.0. The number of carbonyl (C=O) groups is 1. The van der Waals surface area contributed by atoms with Gasteiger partial charge in [-0.1, -0.05) is 30.3 Å². The number of hydrogen-bond donors (Lipinski definition) is 1. The summed E-state index contributed by atoms with van der Waals surface area (Å²) >= 11 is 0. The first kappa shape index (κ1) is 27.1. The highest BCUT2D eigenvalue weighted by Crippen LogP contribution is 2.32. The molecule has 35 heavy (non-hydrogen) atoms. The normalized spacial score (nSPS) is 21.4. The van der Waals surface area contributed by atoms with E-state index in [0.29, 0.717) is 32.5 Å². The van der Waals surface area contributed by atoms with E-state index in [0.717, 1.165) is 11.8 Å². The van der Waals surface area contributed by atoms with Crippen molar-refractivity contribution in [3.8, 4) is 0 Å². The smallest absolute Gasteiger partial charge is 0.394 e. The van der Waals surface area contributed by atoms with Crippen LogP contribution < -0.4 is 0 Å². The Kier molecular flexibility index (Phi) is 9.26. The molecule has 194 valence electrons. The lowest BCUT2D eigenvalue weighted by Gasteiger charge is -2.35. The molecule has 3 rings (SSSR count). The highest BCUT2D eigenvalue weighted by molar-refractivity contribution is 5.76. The van der Waals surface area contributed by atoms with E-state index in [2.05, 4.69) is 10.3 Å². The van der Waals surface area contributed by atoms with Gasteiger partial charge in [-0.3, -0.25) is 9.69 Å². The average molecular weight is 498 g/mol. The molecule has 1 amide bonds. The number of likely N-dealkylation sites (N-methyl/N-ethyl adjacent to an activating group) is 1. The maximum absolute atomic E-state index is 13.5. The molecular formula is C24H34F3N5O3.